The molecule has 1 aromatic heterocycles. The molecular weight excluding hydrogens is 278 g/mol. The molecule has 0 radical (unpaired) electrons. The molecule has 0 bridgehead atoms. The molecule has 0 unspecified atom stereocenters. The SMILES string of the molecule is CC(C)CC(=O)Nc1ccc(NC(=O)c2ccncc2)cc1. The number of carbonyl (C=O) groups is 2. The fourth-order valence-corrected chi connectivity index (χ4v) is 1.93. The third-order valence-corrected chi connectivity index (χ3v) is 2.96. The number of amides is 2. The molecule has 0 aliphatic heterocycles. The van der Waals surface area contributed by atoms with E-state index in [1.54, 1.807) is 48.8 Å². The first-order valence-electron chi connectivity index (χ1n) is 7.16. The van der Waals surface area contributed by atoms with E-state index in [0.717, 1.165) is 0 Å². The van der Waals surface area contributed by atoms with Crippen LogP contribution in [0.3, 0.4) is 0 Å². The van der Waals surface area contributed by atoms with Crippen LogP contribution in [0.4, 0.5) is 11.4 Å². The molecule has 2 rings (SSSR count). The predicted molar refractivity (Wildman–Crippen MR) is 86.7 cm³/mol. The Labute approximate surface area is 129 Å². The van der Waals surface area contributed by atoms with Crippen LogP contribution in [-0.2, 0) is 4.79 Å². The van der Waals surface area contributed by atoms with Crippen molar-refractivity contribution in [3.63, 3.8) is 0 Å². The highest BCUT2D eigenvalue weighted by atomic mass is 16.2. The van der Waals surface area contributed by atoms with Gasteiger partial charge in [0, 0.05) is 35.8 Å². The van der Waals surface area contributed by atoms with Crippen LogP contribution in [0.1, 0.15) is 30.6 Å². The topological polar surface area (TPSA) is 71.1 Å². The van der Waals surface area contributed by atoms with Gasteiger partial charge in [0.05, 0.1) is 0 Å². The number of pyridine rings is 1. The van der Waals surface area contributed by atoms with Gasteiger partial charge in [-0.15, -0.1) is 0 Å². The third-order valence-electron chi connectivity index (χ3n) is 2.96. The van der Waals surface area contributed by atoms with E-state index >= 15 is 0 Å². The fraction of sp³-hybridized carbons (Fsp3) is 0.235. The van der Waals surface area contributed by atoms with E-state index < -0.39 is 0 Å². The molecule has 5 nitrogen and oxygen atoms in total. The summed E-state index contributed by atoms with van der Waals surface area (Å²) in [5.41, 5.74) is 1.93. The predicted octanol–water partition coefficient (Wildman–Crippen LogP) is 3.32. The van der Waals surface area contributed by atoms with Gasteiger partial charge in [0.25, 0.3) is 5.91 Å². The Morgan fingerprint density at radius 2 is 1.50 bits per heavy atom. The van der Waals surface area contributed by atoms with E-state index in [4.69, 9.17) is 0 Å². The average molecular weight is 297 g/mol. The van der Waals surface area contributed by atoms with E-state index in [-0.39, 0.29) is 11.8 Å². The quantitative estimate of drug-likeness (QED) is 0.889. The van der Waals surface area contributed by atoms with Crippen LogP contribution < -0.4 is 10.6 Å². The van der Waals surface area contributed by atoms with Crippen molar-refractivity contribution < 1.29 is 9.59 Å². The lowest BCUT2D eigenvalue weighted by Gasteiger charge is -2.09. The van der Waals surface area contributed by atoms with Crippen molar-refractivity contribution in [2.24, 2.45) is 5.92 Å². The largest absolute Gasteiger partial charge is 0.326 e. The Morgan fingerprint density at radius 3 is 2.05 bits per heavy atom. The molecule has 1 aromatic carbocycles. The van der Waals surface area contributed by atoms with Gasteiger partial charge in [-0.1, -0.05) is 13.8 Å². The lowest BCUT2D eigenvalue weighted by Crippen LogP contribution is -2.14. The minimum absolute atomic E-state index is 0.0106. The minimum Gasteiger partial charge on any atom is -0.326 e. The van der Waals surface area contributed by atoms with Crippen molar-refractivity contribution in [1.82, 2.24) is 4.98 Å². The van der Waals surface area contributed by atoms with Gasteiger partial charge in [0.2, 0.25) is 5.91 Å². The molecule has 0 saturated carbocycles. The van der Waals surface area contributed by atoms with E-state index in [1.807, 2.05) is 13.8 Å². The van der Waals surface area contributed by atoms with E-state index in [9.17, 15) is 9.59 Å². The zero-order chi connectivity index (χ0) is 15.9. The summed E-state index contributed by atoms with van der Waals surface area (Å²) in [6.45, 7) is 3.99. The maximum Gasteiger partial charge on any atom is 0.255 e. The number of nitrogens with one attached hydrogen (secondary N) is 2. The van der Waals surface area contributed by atoms with Gasteiger partial charge in [-0.2, -0.15) is 0 Å². The van der Waals surface area contributed by atoms with Gasteiger partial charge < -0.3 is 10.6 Å². The zero-order valence-corrected chi connectivity index (χ0v) is 12.7. The number of hydrogen-bond donors (Lipinski definition) is 2. The first-order chi connectivity index (χ1) is 10.5. The normalized spacial score (nSPS) is 10.3. The highest BCUT2D eigenvalue weighted by Crippen LogP contribution is 2.15. The Morgan fingerprint density at radius 1 is 0.955 bits per heavy atom. The van der Waals surface area contributed by atoms with Crippen LogP contribution in [0, 0.1) is 5.92 Å². The Balaban J connectivity index is 1.95. The molecule has 2 amide bonds. The number of aromatic nitrogens is 1. The molecular formula is C17H19N3O2. The molecule has 2 N–H and O–H groups in total. The standard InChI is InChI=1S/C17H19N3O2/c1-12(2)11-16(21)19-14-3-5-15(6-4-14)20-17(22)13-7-9-18-10-8-13/h3-10,12H,11H2,1-2H3,(H,19,21)(H,20,22). The molecule has 0 aliphatic carbocycles. The highest BCUT2D eigenvalue weighted by Gasteiger charge is 2.07. The number of rotatable bonds is 5. The molecule has 22 heavy (non-hydrogen) atoms. The van der Waals surface area contributed by atoms with Crippen LogP contribution >= 0.6 is 0 Å². The Hall–Kier alpha value is -2.69. The van der Waals surface area contributed by atoms with Crippen LogP contribution in [-0.4, -0.2) is 16.8 Å². The van der Waals surface area contributed by atoms with Crippen LogP contribution in [0.25, 0.3) is 0 Å². The lowest BCUT2D eigenvalue weighted by atomic mass is 10.1. The number of nitrogens with zero attached hydrogens (tertiary/aromatic N) is 1. The first kappa shape index (κ1) is 15.7. The summed E-state index contributed by atoms with van der Waals surface area (Å²) >= 11 is 0. The van der Waals surface area contributed by atoms with Crippen molar-refractivity contribution in [2.45, 2.75) is 20.3 Å². The van der Waals surface area contributed by atoms with Crippen molar-refractivity contribution in [2.75, 3.05) is 10.6 Å². The molecule has 2 aromatic rings. The van der Waals surface area contributed by atoms with Crippen LogP contribution in [0.15, 0.2) is 48.8 Å². The number of carbonyl (C=O) groups excluding carboxylic acids is 2. The van der Waals surface area contributed by atoms with Crippen molar-refractivity contribution in [3.8, 4) is 0 Å². The van der Waals surface area contributed by atoms with Gasteiger partial charge in [-0.25, -0.2) is 0 Å². The zero-order valence-electron chi connectivity index (χ0n) is 12.7. The summed E-state index contributed by atoms with van der Waals surface area (Å²) in [4.78, 5) is 27.5. The number of anilines is 2. The maximum atomic E-state index is 12.0. The molecule has 5 heteroatoms. The van der Waals surface area contributed by atoms with Gasteiger partial charge in [-0.05, 0) is 42.3 Å². The van der Waals surface area contributed by atoms with Crippen molar-refractivity contribution in [3.05, 3.63) is 54.4 Å². The van der Waals surface area contributed by atoms with Crippen LogP contribution in [0.5, 0.6) is 0 Å². The average Bonchev–Trinajstić information content (AvgIpc) is 2.49. The van der Waals surface area contributed by atoms with Gasteiger partial charge in [-0.3, -0.25) is 14.6 Å². The fourth-order valence-electron chi connectivity index (χ4n) is 1.93. The lowest BCUT2D eigenvalue weighted by molar-refractivity contribution is -0.116. The summed E-state index contributed by atoms with van der Waals surface area (Å²) in [7, 11) is 0. The first-order valence-corrected chi connectivity index (χ1v) is 7.16. The molecule has 0 atom stereocenters. The van der Waals surface area contributed by atoms with Crippen molar-refractivity contribution >= 4 is 23.2 Å². The van der Waals surface area contributed by atoms with E-state index in [0.29, 0.717) is 29.3 Å². The third kappa shape index (κ3) is 4.70. The summed E-state index contributed by atoms with van der Waals surface area (Å²) in [5.74, 6) is 0.112. The molecule has 0 saturated heterocycles. The minimum atomic E-state index is -0.195. The second-order valence-corrected chi connectivity index (χ2v) is 5.41. The van der Waals surface area contributed by atoms with Gasteiger partial charge in [0.15, 0.2) is 0 Å². The monoisotopic (exact) mass is 297 g/mol. The molecule has 0 spiro atoms. The molecule has 0 fully saturated rings. The van der Waals surface area contributed by atoms with Gasteiger partial charge >= 0.3 is 0 Å². The second-order valence-electron chi connectivity index (χ2n) is 5.41. The molecule has 0 aliphatic rings. The summed E-state index contributed by atoms with van der Waals surface area (Å²) < 4.78 is 0. The summed E-state index contributed by atoms with van der Waals surface area (Å²) in [6, 6.07) is 10.3. The molecule has 114 valence electrons. The van der Waals surface area contributed by atoms with E-state index in [2.05, 4.69) is 15.6 Å². The smallest absolute Gasteiger partial charge is 0.255 e. The van der Waals surface area contributed by atoms with Crippen LogP contribution in [0.2, 0.25) is 0 Å². The second kappa shape index (κ2) is 7.36. The number of benzene rings is 1. The Bertz CT molecular complexity index is 637. The highest BCUT2D eigenvalue weighted by molar-refractivity contribution is 6.04. The number of hydrogen-bond acceptors (Lipinski definition) is 3. The Kier molecular flexibility index (Phi) is 5.25. The van der Waals surface area contributed by atoms with E-state index in [1.165, 1.54) is 0 Å². The van der Waals surface area contributed by atoms with Crippen molar-refractivity contribution in [1.29, 1.82) is 0 Å². The maximum absolute atomic E-state index is 12.0. The summed E-state index contributed by atoms with van der Waals surface area (Å²) in [6.07, 6.45) is 3.63. The summed E-state index contributed by atoms with van der Waals surface area (Å²) in [5, 5.41) is 5.62. The molecule has 1 heterocycles. The van der Waals surface area contributed by atoms with Gasteiger partial charge in [0.1, 0.15) is 0 Å².